The molecule has 16 nitrogen and oxygen atoms in total. The third-order valence-electron chi connectivity index (χ3n) is 11.5. The lowest BCUT2D eigenvalue weighted by Gasteiger charge is -2.04. The van der Waals surface area contributed by atoms with Crippen molar-refractivity contribution >= 4 is 91.9 Å². The second-order valence-electron chi connectivity index (χ2n) is 14.8. The minimum atomic E-state index is -0.877. The standard InChI is InChI=1S/C45H18N4O12/c1-15-2-17-18(3-16(15)39(51)58-14-50)32-11-34-21-6-27-28(43(55)60-42(27)54)7-22(21)36(48-34)13-38-24-9-30-29(44(56)61-45(30)57)8-23(24)37(49-38)12-35-20-5-26-25(40(52)59-41(26)53)4-19(20)33(47-35)10-31(17)46-32/h2-14,46,49H,1H3. The monoisotopic (exact) mass is 806 g/mol. The number of rotatable bonds is 2. The fourth-order valence-electron chi connectivity index (χ4n) is 8.67. The number of ether oxygens (including phenoxy) is 4. The van der Waals surface area contributed by atoms with Crippen LogP contribution >= 0.6 is 0 Å². The molecule has 5 aliphatic rings. The van der Waals surface area contributed by atoms with Crippen molar-refractivity contribution in [3.05, 3.63) is 117 Å². The quantitative estimate of drug-likeness (QED) is 0.0788. The minimum absolute atomic E-state index is 0.0410. The van der Waals surface area contributed by atoms with Crippen molar-refractivity contribution in [2.45, 2.75) is 6.92 Å². The first kappa shape index (κ1) is 34.1. The van der Waals surface area contributed by atoms with E-state index in [1.807, 2.05) is 0 Å². The van der Waals surface area contributed by atoms with Gasteiger partial charge in [0.05, 0.1) is 61.7 Å². The van der Waals surface area contributed by atoms with Gasteiger partial charge in [-0.25, -0.2) is 43.5 Å². The molecule has 16 heteroatoms. The van der Waals surface area contributed by atoms with E-state index in [0.717, 1.165) is 0 Å². The van der Waals surface area contributed by atoms with E-state index in [4.69, 9.17) is 28.9 Å². The van der Waals surface area contributed by atoms with Gasteiger partial charge in [0.2, 0.25) is 0 Å². The number of aryl methyl sites for hydroxylation is 1. The van der Waals surface area contributed by atoms with Gasteiger partial charge in [0.15, 0.2) is 0 Å². The van der Waals surface area contributed by atoms with Crippen LogP contribution in [-0.2, 0) is 23.7 Å². The highest BCUT2D eigenvalue weighted by Gasteiger charge is 2.36. The second kappa shape index (κ2) is 11.6. The number of carbonyl (C=O) groups is 8. The summed E-state index contributed by atoms with van der Waals surface area (Å²) < 4.78 is 19.5. The minimum Gasteiger partial charge on any atom is -0.392 e. The summed E-state index contributed by atoms with van der Waals surface area (Å²) in [5.74, 6) is -5.78. The molecule has 5 aliphatic heterocycles. The number of cyclic esters (lactones) is 6. The highest BCUT2D eigenvalue weighted by atomic mass is 16.6. The lowest BCUT2D eigenvalue weighted by atomic mass is 9.96. The van der Waals surface area contributed by atoms with Gasteiger partial charge >= 0.3 is 48.3 Å². The van der Waals surface area contributed by atoms with Crippen LogP contribution in [0.1, 0.15) is 78.1 Å². The van der Waals surface area contributed by atoms with Crippen molar-refractivity contribution in [1.82, 2.24) is 19.9 Å². The predicted octanol–water partition coefficient (Wildman–Crippen LogP) is 6.84. The Kier molecular flexibility index (Phi) is 6.50. The van der Waals surface area contributed by atoms with E-state index < -0.39 is 41.8 Å². The lowest BCUT2D eigenvalue weighted by Crippen LogP contribution is -2.05. The van der Waals surface area contributed by atoms with Crippen molar-refractivity contribution < 1.29 is 57.3 Å². The molecule has 0 atom stereocenters. The molecule has 0 saturated heterocycles. The summed E-state index contributed by atoms with van der Waals surface area (Å²) in [4.78, 5) is 118. The Bertz CT molecular complexity index is 3670. The number of nitrogens with zero attached hydrogens (tertiary/aromatic N) is 2. The van der Waals surface area contributed by atoms with Gasteiger partial charge in [-0.1, -0.05) is 0 Å². The number of hydrogen-bond donors (Lipinski definition) is 2. The van der Waals surface area contributed by atoms with Gasteiger partial charge in [0, 0.05) is 65.9 Å². The Hall–Kier alpha value is -8.92. The molecule has 61 heavy (non-hydrogen) atoms. The maximum absolute atomic E-state index is 13.0. The van der Waals surface area contributed by atoms with Gasteiger partial charge in [-0.15, -0.1) is 0 Å². The third-order valence-corrected chi connectivity index (χ3v) is 11.5. The van der Waals surface area contributed by atoms with Crippen LogP contribution in [0.15, 0.2) is 72.8 Å². The zero-order valence-corrected chi connectivity index (χ0v) is 30.8. The molecule has 0 saturated carbocycles. The van der Waals surface area contributed by atoms with Gasteiger partial charge in [-0.3, -0.25) is 4.79 Å². The van der Waals surface area contributed by atoms with Crippen molar-refractivity contribution in [2.75, 3.05) is 0 Å². The van der Waals surface area contributed by atoms with E-state index in [2.05, 4.69) is 9.97 Å². The number of aromatic nitrogens is 4. The maximum atomic E-state index is 13.0. The molecule has 290 valence electrons. The molecule has 0 spiro atoms. The fraction of sp³-hybridized carbons (Fsp3) is 0.0222. The van der Waals surface area contributed by atoms with Gasteiger partial charge in [-0.2, -0.15) is 0 Å². The van der Waals surface area contributed by atoms with Crippen LogP contribution in [0.25, 0.3) is 88.6 Å². The molecule has 0 radical (unpaired) electrons. The number of fused-ring (bicyclic) bond motifs is 23. The molecule has 2 N–H and O–H groups in total. The highest BCUT2D eigenvalue weighted by Crippen LogP contribution is 2.44. The molecule has 4 aromatic carbocycles. The number of benzene rings is 4. The summed E-state index contributed by atoms with van der Waals surface area (Å²) >= 11 is 0. The molecule has 0 amide bonds. The number of aromatic amines is 2. The smallest absolute Gasteiger partial charge is 0.346 e. The summed E-state index contributed by atoms with van der Waals surface area (Å²) in [6.45, 7) is 1.73. The fourth-order valence-corrected chi connectivity index (χ4v) is 8.67. The van der Waals surface area contributed by atoms with Crippen molar-refractivity contribution in [2.24, 2.45) is 0 Å². The van der Waals surface area contributed by atoms with Crippen LogP contribution in [0.4, 0.5) is 0 Å². The molecule has 3 aromatic heterocycles. The van der Waals surface area contributed by atoms with E-state index in [0.29, 0.717) is 94.2 Å². The first-order valence-electron chi connectivity index (χ1n) is 18.4. The molecule has 0 unspecified atom stereocenters. The summed E-state index contributed by atoms with van der Waals surface area (Å²) in [6.07, 6.45) is 0. The molecule has 7 aromatic rings. The zero-order valence-electron chi connectivity index (χ0n) is 30.8. The largest absolute Gasteiger partial charge is 0.392 e. The Morgan fingerprint density at radius 3 is 1.11 bits per heavy atom. The summed E-state index contributed by atoms with van der Waals surface area (Å²) in [5, 5.41) is 2.10. The van der Waals surface area contributed by atoms with Crippen molar-refractivity contribution in [1.29, 1.82) is 0 Å². The average molecular weight is 807 g/mol. The van der Waals surface area contributed by atoms with E-state index in [-0.39, 0.29) is 45.4 Å². The van der Waals surface area contributed by atoms with E-state index in [1.165, 1.54) is 36.4 Å². The van der Waals surface area contributed by atoms with E-state index in [9.17, 15) is 38.4 Å². The number of nitrogens with one attached hydrogen (secondary N) is 2. The average Bonchev–Trinajstić information content (AvgIpc) is 4.08. The molecule has 8 bridgehead atoms. The first-order chi connectivity index (χ1) is 29.4. The summed E-state index contributed by atoms with van der Waals surface area (Å²) in [6, 6.07) is 19.3. The molecule has 8 heterocycles. The Morgan fingerprint density at radius 1 is 0.459 bits per heavy atom. The predicted molar refractivity (Wildman–Crippen MR) is 210 cm³/mol. The summed E-state index contributed by atoms with van der Waals surface area (Å²) in [7, 11) is 0. The zero-order chi connectivity index (χ0) is 41.7. The Morgan fingerprint density at radius 2 is 0.770 bits per heavy atom. The van der Waals surface area contributed by atoms with E-state index in [1.54, 1.807) is 43.3 Å². The lowest BCUT2D eigenvalue weighted by molar-refractivity contribution is -0.123. The normalized spacial score (nSPS) is 14.4. The number of esters is 7. The maximum Gasteiger partial charge on any atom is 0.346 e. The van der Waals surface area contributed by atoms with Crippen LogP contribution in [0.3, 0.4) is 0 Å². The number of H-pyrrole nitrogens is 2. The van der Waals surface area contributed by atoms with Gasteiger partial charge < -0.3 is 28.9 Å². The SMILES string of the molecule is Cc1cc2c3cc4nc(cc5[nH]c(cc6nc(cc([nH]3)c2cc1C(=O)OC=O)-c1cc2c(cc1-6)C(=O)OC2=O)c1cc2c(cc51)C(=O)OC2=O)-c1cc2c(cc1-4)C(=O)OC2=O. The molecular formula is C45H18N4O12. The van der Waals surface area contributed by atoms with Crippen molar-refractivity contribution in [3.63, 3.8) is 0 Å². The highest BCUT2D eigenvalue weighted by molar-refractivity contribution is 6.22. The Balaban J connectivity index is 1.26. The number of hydrogen-bond acceptors (Lipinski definition) is 14. The van der Waals surface area contributed by atoms with Crippen LogP contribution in [0.2, 0.25) is 0 Å². The third kappa shape index (κ3) is 4.68. The van der Waals surface area contributed by atoms with Gasteiger partial charge in [-0.05, 0) is 85.3 Å². The van der Waals surface area contributed by atoms with Crippen LogP contribution in [-0.4, -0.2) is 68.2 Å². The first-order valence-corrected chi connectivity index (χ1v) is 18.4. The summed E-state index contributed by atoms with van der Waals surface area (Å²) in [5.41, 5.74) is 5.96. The van der Waals surface area contributed by atoms with Gasteiger partial charge in [0.25, 0.3) is 0 Å². The van der Waals surface area contributed by atoms with Crippen molar-refractivity contribution in [3.8, 4) is 45.0 Å². The number of carbonyl (C=O) groups excluding carboxylic acids is 8. The molecule has 12 rings (SSSR count). The van der Waals surface area contributed by atoms with Crippen LogP contribution in [0, 0.1) is 6.92 Å². The molecule has 0 aliphatic carbocycles. The Labute approximate surface area is 337 Å². The molecule has 0 fully saturated rings. The van der Waals surface area contributed by atoms with E-state index >= 15 is 0 Å². The van der Waals surface area contributed by atoms with Crippen LogP contribution < -0.4 is 0 Å². The van der Waals surface area contributed by atoms with Gasteiger partial charge in [0.1, 0.15) is 0 Å². The topological polar surface area (TPSA) is 231 Å². The van der Waals surface area contributed by atoms with Crippen LogP contribution in [0.5, 0.6) is 0 Å². The molecular weight excluding hydrogens is 789 g/mol. The second-order valence-corrected chi connectivity index (χ2v) is 14.8.